The number of aromatic nitrogens is 4. The Morgan fingerprint density at radius 3 is 2.55 bits per heavy atom. The van der Waals surface area contributed by atoms with E-state index in [1.54, 1.807) is 20.3 Å². The maximum atomic E-state index is 13.0. The van der Waals surface area contributed by atoms with E-state index >= 15 is 0 Å². The number of aryl methyl sites for hydroxylation is 2. The number of carbonyl (C=O) groups is 1. The van der Waals surface area contributed by atoms with E-state index in [4.69, 9.17) is 9.47 Å². The van der Waals surface area contributed by atoms with E-state index in [2.05, 4.69) is 34.5 Å². The minimum Gasteiger partial charge on any atom is -0.493 e. The number of hydrogen-bond donors (Lipinski definition) is 2. The van der Waals surface area contributed by atoms with Gasteiger partial charge in [-0.2, -0.15) is 10.2 Å². The molecule has 0 radical (unpaired) electrons. The zero-order valence-corrected chi connectivity index (χ0v) is 18.9. The van der Waals surface area contributed by atoms with Gasteiger partial charge in [0.25, 0.3) is 5.91 Å². The molecule has 0 saturated carbocycles. The quantitative estimate of drug-likeness (QED) is 0.627. The van der Waals surface area contributed by atoms with Crippen LogP contribution in [0.3, 0.4) is 0 Å². The molecule has 2 heterocycles. The predicted molar refractivity (Wildman–Crippen MR) is 118 cm³/mol. The van der Waals surface area contributed by atoms with Crippen LogP contribution >= 0.6 is 0 Å². The highest BCUT2D eigenvalue weighted by Crippen LogP contribution is 2.39. The highest BCUT2D eigenvalue weighted by molar-refractivity contribution is 5.93. The molecule has 4 rings (SSSR count). The molecule has 1 aliphatic rings. The highest BCUT2D eigenvalue weighted by Gasteiger charge is 2.27. The second-order valence-corrected chi connectivity index (χ2v) is 8.22. The molecule has 1 atom stereocenters. The SMILES string of the molecule is COc1cc2c(cc1OC)[C@H](NC(=O)c1cc(-c3c(C)nn(C(C)C)c3C)n[nH]1)CC2. The molecule has 8 heteroatoms. The molecule has 0 unspecified atom stereocenters. The van der Waals surface area contributed by atoms with Crippen LogP contribution in [0.5, 0.6) is 11.5 Å². The van der Waals surface area contributed by atoms with Gasteiger partial charge in [0.2, 0.25) is 0 Å². The van der Waals surface area contributed by atoms with E-state index in [1.165, 1.54) is 5.56 Å². The van der Waals surface area contributed by atoms with Crippen molar-refractivity contribution in [3.05, 3.63) is 46.4 Å². The summed E-state index contributed by atoms with van der Waals surface area (Å²) in [5, 5.41) is 15.0. The summed E-state index contributed by atoms with van der Waals surface area (Å²) in [5.74, 6) is 1.19. The molecular weight excluding hydrogens is 394 g/mol. The van der Waals surface area contributed by atoms with E-state index in [1.807, 2.05) is 30.7 Å². The van der Waals surface area contributed by atoms with Gasteiger partial charge in [-0.3, -0.25) is 14.6 Å². The average molecular weight is 424 g/mol. The molecule has 0 saturated heterocycles. The third-order valence-electron chi connectivity index (χ3n) is 5.92. The lowest BCUT2D eigenvalue weighted by molar-refractivity contribution is 0.0931. The first kappa shape index (κ1) is 21.0. The number of rotatable bonds is 6. The van der Waals surface area contributed by atoms with Crippen LogP contribution in [0, 0.1) is 13.8 Å². The maximum absolute atomic E-state index is 13.0. The molecule has 1 aromatic carbocycles. The van der Waals surface area contributed by atoms with Crippen LogP contribution in [0.1, 0.15) is 65.4 Å². The normalized spacial score (nSPS) is 15.3. The van der Waals surface area contributed by atoms with Crippen molar-refractivity contribution in [1.29, 1.82) is 0 Å². The summed E-state index contributed by atoms with van der Waals surface area (Å²) in [6, 6.07) is 5.92. The maximum Gasteiger partial charge on any atom is 0.269 e. The lowest BCUT2D eigenvalue weighted by atomic mass is 10.1. The highest BCUT2D eigenvalue weighted by atomic mass is 16.5. The van der Waals surface area contributed by atoms with Crippen molar-refractivity contribution in [2.75, 3.05) is 14.2 Å². The Bertz CT molecular complexity index is 1130. The summed E-state index contributed by atoms with van der Waals surface area (Å²) >= 11 is 0. The molecular formula is C23H29N5O3. The standard InChI is InChI=1S/C23H29N5O3/c1-12(2)28-14(4)22(13(3)27-28)18-11-19(26-25-18)23(29)24-17-8-7-15-9-20(30-5)21(31-6)10-16(15)17/h9-12,17H,7-8H2,1-6H3,(H,24,29)(H,25,26)/t17-/m1/s1. The van der Waals surface area contributed by atoms with Gasteiger partial charge in [0, 0.05) is 17.3 Å². The summed E-state index contributed by atoms with van der Waals surface area (Å²) in [7, 11) is 3.24. The van der Waals surface area contributed by atoms with E-state index in [-0.39, 0.29) is 18.0 Å². The fourth-order valence-corrected chi connectivity index (χ4v) is 4.42. The third-order valence-corrected chi connectivity index (χ3v) is 5.92. The molecule has 0 bridgehead atoms. The Hall–Kier alpha value is -3.29. The minimum atomic E-state index is -0.182. The summed E-state index contributed by atoms with van der Waals surface area (Å²) in [6.07, 6.45) is 1.71. The topological polar surface area (TPSA) is 94.1 Å². The molecule has 3 aromatic rings. The van der Waals surface area contributed by atoms with Gasteiger partial charge in [-0.05, 0) is 69.9 Å². The Morgan fingerprint density at radius 1 is 1.19 bits per heavy atom. The third kappa shape index (κ3) is 3.66. The molecule has 0 spiro atoms. The van der Waals surface area contributed by atoms with Crippen molar-refractivity contribution >= 4 is 5.91 Å². The van der Waals surface area contributed by atoms with E-state index < -0.39 is 0 Å². The Labute approximate surface area is 181 Å². The first-order chi connectivity index (χ1) is 14.8. The number of amides is 1. The number of hydrogen-bond acceptors (Lipinski definition) is 5. The van der Waals surface area contributed by atoms with Gasteiger partial charge in [-0.15, -0.1) is 0 Å². The lowest BCUT2D eigenvalue weighted by Crippen LogP contribution is -2.27. The van der Waals surface area contributed by atoms with E-state index in [0.717, 1.165) is 41.1 Å². The smallest absolute Gasteiger partial charge is 0.269 e. The molecule has 0 fully saturated rings. The predicted octanol–water partition coefficient (Wildman–Crippen LogP) is 3.91. The monoisotopic (exact) mass is 423 g/mol. The Morgan fingerprint density at radius 2 is 1.90 bits per heavy atom. The second kappa shape index (κ2) is 8.09. The molecule has 1 amide bonds. The van der Waals surface area contributed by atoms with Crippen LogP contribution < -0.4 is 14.8 Å². The van der Waals surface area contributed by atoms with E-state index in [9.17, 15) is 4.79 Å². The van der Waals surface area contributed by atoms with Crippen molar-refractivity contribution in [2.45, 2.75) is 52.6 Å². The first-order valence-electron chi connectivity index (χ1n) is 10.5. The van der Waals surface area contributed by atoms with Gasteiger partial charge in [0.05, 0.1) is 31.6 Å². The number of ether oxygens (including phenoxy) is 2. The van der Waals surface area contributed by atoms with Crippen molar-refractivity contribution < 1.29 is 14.3 Å². The molecule has 0 aliphatic heterocycles. The molecule has 31 heavy (non-hydrogen) atoms. The fourth-order valence-electron chi connectivity index (χ4n) is 4.42. The molecule has 1 aliphatic carbocycles. The first-order valence-corrected chi connectivity index (χ1v) is 10.5. The average Bonchev–Trinajstić information content (AvgIpc) is 3.44. The van der Waals surface area contributed by atoms with Crippen LogP contribution in [-0.2, 0) is 6.42 Å². The summed E-state index contributed by atoms with van der Waals surface area (Å²) in [6.45, 7) is 8.18. The number of carbonyl (C=O) groups excluding carboxylic acids is 1. The Kier molecular flexibility index (Phi) is 5.47. The van der Waals surface area contributed by atoms with Crippen LogP contribution in [0.2, 0.25) is 0 Å². The van der Waals surface area contributed by atoms with Crippen molar-refractivity contribution in [2.24, 2.45) is 0 Å². The van der Waals surface area contributed by atoms with Crippen LogP contribution in [-0.4, -0.2) is 40.1 Å². The van der Waals surface area contributed by atoms with Gasteiger partial charge in [-0.1, -0.05) is 0 Å². The molecule has 2 aromatic heterocycles. The van der Waals surface area contributed by atoms with Gasteiger partial charge in [0.1, 0.15) is 5.69 Å². The van der Waals surface area contributed by atoms with Crippen molar-refractivity contribution in [1.82, 2.24) is 25.3 Å². The second-order valence-electron chi connectivity index (χ2n) is 8.22. The largest absolute Gasteiger partial charge is 0.493 e. The zero-order chi connectivity index (χ0) is 22.3. The number of methoxy groups -OCH3 is 2. The number of aromatic amines is 1. The van der Waals surface area contributed by atoms with E-state index in [0.29, 0.717) is 17.2 Å². The fraction of sp³-hybridized carbons (Fsp3) is 0.435. The van der Waals surface area contributed by atoms with Gasteiger partial charge in [0.15, 0.2) is 11.5 Å². The van der Waals surface area contributed by atoms with Crippen molar-refractivity contribution in [3.8, 4) is 22.8 Å². The minimum absolute atomic E-state index is 0.0822. The van der Waals surface area contributed by atoms with Gasteiger partial charge < -0.3 is 14.8 Å². The summed E-state index contributed by atoms with van der Waals surface area (Å²) in [4.78, 5) is 13.0. The number of nitrogens with zero attached hydrogens (tertiary/aromatic N) is 3. The summed E-state index contributed by atoms with van der Waals surface area (Å²) < 4.78 is 12.8. The lowest BCUT2D eigenvalue weighted by Gasteiger charge is -2.15. The molecule has 8 nitrogen and oxygen atoms in total. The van der Waals surface area contributed by atoms with Crippen LogP contribution in [0.15, 0.2) is 18.2 Å². The van der Waals surface area contributed by atoms with Crippen LogP contribution in [0.4, 0.5) is 0 Å². The van der Waals surface area contributed by atoms with Gasteiger partial charge in [-0.25, -0.2) is 0 Å². The number of fused-ring (bicyclic) bond motifs is 1. The summed E-state index contributed by atoms with van der Waals surface area (Å²) in [5.41, 5.74) is 6.29. The zero-order valence-electron chi connectivity index (χ0n) is 18.9. The van der Waals surface area contributed by atoms with Crippen LogP contribution in [0.25, 0.3) is 11.3 Å². The molecule has 2 N–H and O–H groups in total. The Balaban J connectivity index is 1.56. The number of H-pyrrole nitrogens is 1. The number of benzene rings is 1. The molecule has 164 valence electrons. The van der Waals surface area contributed by atoms with Gasteiger partial charge >= 0.3 is 0 Å². The number of nitrogens with one attached hydrogen (secondary N) is 2. The van der Waals surface area contributed by atoms with Crippen molar-refractivity contribution in [3.63, 3.8) is 0 Å².